The lowest BCUT2D eigenvalue weighted by atomic mass is 10.3. The molecule has 17 nitrogen and oxygen atoms in total. The Kier molecular flexibility index (Phi) is 26.8. The van der Waals surface area contributed by atoms with Crippen molar-refractivity contribution in [3.63, 3.8) is 0 Å². The SMILES string of the molecule is Cc1ccn(C)c1.Cc1ccoc1.Cc1ccoc1C.Cc1cnn(CC(F)(F)F)c1.Cn1cc(C(F)(F)F)cn1.Cn1cc(Cl)cn1.Cn1cc(F)cn1.Cn1ccc(C(F)(F)F)n1.Cn1nc(C(F)(F)F)n(C)c1=O. The minimum Gasteiger partial charge on any atom is -0.472 e. The van der Waals surface area contributed by atoms with Crippen LogP contribution in [0.3, 0.4) is 0 Å². The summed E-state index contributed by atoms with van der Waals surface area (Å²) in [4.78, 5) is 10.8. The Morgan fingerprint density at radius 3 is 1.36 bits per heavy atom. The number of hydrogen-bond donors (Lipinski definition) is 0. The minimum absolute atomic E-state index is 0.289. The van der Waals surface area contributed by atoms with Gasteiger partial charge < -0.3 is 13.4 Å². The predicted molar refractivity (Wildman–Crippen MR) is 256 cm³/mol. The van der Waals surface area contributed by atoms with Gasteiger partial charge in [0.25, 0.3) is 0 Å². The van der Waals surface area contributed by atoms with Crippen LogP contribution in [0.1, 0.15) is 45.1 Å². The van der Waals surface area contributed by atoms with E-state index in [1.807, 2.05) is 57.8 Å². The van der Waals surface area contributed by atoms with Crippen molar-refractivity contribution in [2.45, 2.75) is 65.9 Å². The Balaban J connectivity index is 0.000000437. The fraction of sp³-hybridized carbons (Fsp3) is 0.370. The maximum atomic E-state index is 12.0. The van der Waals surface area contributed by atoms with E-state index < -0.39 is 54.0 Å². The molecule has 0 fully saturated rings. The van der Waals surface area contributed by atoms with Crippen LogP contribution in [0.2, 0.25) is 5.02 Å². The zero-order chi connectivity index (χ0) is 59.1. The summed E-state index contributed by atoms with van der Waals surface area (Å²) in [6, 6.07) is 6.88. The third-order valence-electron chi connectivity index (χ3n) is 8.63. The number of aromatic nitrogens is 14. The largest absolute Gasteiger partial charge is 0.472 e. The molecular formula is C46H56ClF13N14O3. The summed E-state index contributed by atoms with van der Waals surface area (Å²) in [6.45, 7) is 8.73. The second kappa shape index (κ2) is 30.7. The summed E-state index contributed by atoms with van der Waals surface area (Å²) in [7, 11) is 10.6. The van der Waals surface area contributed by atoms with E-state index in [-0.39, 0.29) is 5.82 Å². The molecule has 0 amide bonds. The molecule has 9 rings (SSSR count). The van der Waals surface area contributed by atoms with Crippen molar-refractivity contribution >= 4 is 11.6 Å². The molecule has 0 unspecified atom stereocenters. The molecule has 9 heterocycles. The van der Waals surface area contributed by atoms with E-state index >= 15 is 0 Å². The smallest absolute Gasteiger partial charge is 0.451 e. The first-order chi connectivity index (χ1) is 35.4. The molecule has 0 radical (unpaired) electrons. The van der Waals surface area contributed by atoms with Crippen molar-refractivity contribution < 1.29 is 65.9 Å². The number of aryl methyl sites for hydroxylation is 11. The van der Waals surface area contributed by atoms with Crippen LogP contribution in [0.25, 0.3) is 0 Å². The van der Waals surface area contributed by atoms with E-state index in [1.54, 1.807) is 49.8 Å². The van der Waals surface area contributed by atoms with E-state index in [4.69, 9.17) is 20.4 Å². The molecule has 9 aromatic heterocycles. The van der Waals surface area contributed by atoms with Gasteiger partial charge in [-0.15, -0.1) is 5.10 Å². The van der Waals surface area contributed by atoms with Gasteiger partial charge in [-0.05, 0) is 81.1 Å². The second-order valence-corrected chi connectivity index (χ2v) is 16.3. The maximum Gasteiger partial charge on any atom is 0.451 e. The van der Waals surface area contributed by atoms with Crippen LogP contribution in [0.5, 0.6) is 0 Å². The van der Waals surface area contributed by atoms with Crippen LogP contribution in [-0.2, 0) is 74.4 Å². The molecule has 0 aliphatic rings. The molecule has 0 aliphatic carbocycles. The minimum atomic E-state index is -4.57. The van der Waals surface area contributed by atoms with Gasteiger partial charge in [-0.2, -0.15) is 78.2 Å². The number of alkyl halides is 12. The summed E-state index contributed by atoms with van der Waals surface area (Å²) in [5.74, 6) is -0.461. The molecule has 0 aromatic carbocycles. The van der Waals surface area contributed by atoms with E-state index in [0.29, 0.717) is 14.3 Å². The number of rotatable bonds is 1. The number of hydrogen-bond acceptors (Lipinski definition) is 9. The highest BCUT2D eigenvalue weighted by Gasteiger charge is 2.37. The van der Waals surface area contributed by atoms with E-state index in [9.17, 15) is 61.9 Å². The first kappa shape index (κ1) is 67.2. The fourth-order valence-electron chi connectivity index (χ4n) is 4.88. The van der Waals surface area contributed by atoms with Crippen LogP contribution >= 0.6 is 11.6 Å². The molecule has 77 heavy (non-hydrogen) atoms. The Labute approximate surface area is 437 Å². The highest BCUT2D eigenvalue weighted by molar-refractivity contribution is 6.30. The van der Waals surface area contributed by atoms with Gasteiger partial charge in [-0.25, -0.2) is 13.9 Å². The first-order valence-corrected chi connectivity index (χ1v) is 22.0. The molecule has 9 aromatic rings. The van der Waals surface area contributed by atoms with Gasteiger partial charge in [0.1, 0.15) is 12.3 Å². The van der Waals surface area contributed by atoms with Gasteiger partial charge in [0, 0.05) is 86.5 Å². The van der Waals surface area contributed by atoms with Crippen LogP contribution < -0.4 is 5.69 Å². The second-order valence-electron chi connectivity index (χ2n) is 15.9. The summed E-state index contributed by atoms with van der Waals surface area (Å²) < 4.78 is 172. The van der Waals surface area contributed by atoms with Gasteiger partial charge in [0.15, 0.2) is 11.5 Å². The zero-order valence-electron chi connectivity index (χ0n) is 43.4. The van der Waals surface area contributed by atoms with Gasteiger partial charge >= 0.3 is 30.4 Å². The Bertz CT molecular complexity index is 2860. The molecular weight excluding hydrogens is 1080 g/mol. The van der Waals surface area contributed by atoms with E-state index in [1.165, 1.54) is 66.5 Å². The van der Waals surface area contributed by atoms with Crippen LogP contribution in [0.4, 0.5) is 57.1 Å². The first-order valence-electron chi connectivity index (χ1n) is 21.6. The quantitative estimate of drug-likeness (QED) is 0.146. The summed E-state index contributed by atoms with van der Waals surface area (Å²) >= 11 is 5.48. The average Bonchev–Trinajstić information content (AvgIpc) is 4.16. The molecule has 0 N–H and O–H groups in total. The van der Waals surface area contributed by atoms with Crippen molar-refractivity contribution in [2.24, 2.45) is 49.3 Å². The molecule has 0 atom stereocenters. The third-order valence-corrected chi connectivity index (χ3v) is 8.82. The lowest BCUT2D eigenvalue weighted by Crippen LogP contribution is -2.22. The number of halogens is 14. The predicted octanol–water partition coefficient (Wildman–Crippen LogP) is 11.2. The molecule has 0 aliphatic heterocycles. The Hall–Kier alpha value is -7.79. The third kappa shape index (κ3) is 28.6. The topological polar surface area (TPSA) is 160 Å². The lowest BCUT2D eigenvalue weighted by Gasteiger charge is -2.04. The van der Waals surface area contributed by atoms with Crippen molar-refractivity contribution in [2.75, 3.05) is 0 Å². The summed E-state index contributed by atoms with van der Waals surface area (Å²) in [5, 5.41) is 21.1. The van der Waals surface area contributed by atoms with Gasteiger partial charge in [0.2, 0.25) is 5.82 Å². The van der Waals surface area contributed by atoms with E-state index in [0.717, 1.165) is 57.9 Å². The number of furan rings is 2. The molecule has 0 spiro atoms. The Morgan fingerprint density at radius 1 is 0.571 bits per heavy atom. The van der Waals surface area contributed by atoms with Crippen molar-refractivity contribution in [3.8, 4) is 0 Å². The van der Waals surface area contributed by atoms with Crippen LogP contribution in [0.15, 0.2) is 125 Å². The van der Waals surface area contributed by atoms with Crippen LogP contribution in [-0.4, -0.2) is 74.0 Å². The Morgan fingerprint density at radius 2 is 1.17 bits per heavy atom. The lowest BCUT2D eigenvalue weighted by molar-refractivity contribution is -0.147. The highest BCUT2D eigenvalue weighted by Crippen LogP contribution is 2.29. The average molecular weight is 1140 g/mol. The molecule has 0 bridgehead atoms. The summed E-state index contributed by atoms with van der Waals surface area (Å²) in [5.41, 5.74) is 2.10. The monoisotopic (exact) mass is 1130 g/mol. The van der Waals surface area contributed by atoms with Crippen molar-refractivity contribution in [3.05, 3.63) is 178 Å². The fourth-order valence-corrected chi connectivity index (χ4v) is 5.07. The van der Waals surface area contributed by atoms with Crippen molar-refractivity contribution in [1.82, 2.24) is 67.8 Å². The summed E-state index contributed by atoms with van der Waals surface area (Å²) in [6.07, 6.45) is 3.38. The van der Waals surface area contributed by atoms with Crippen LogP contribution in [0, 0.1) is 40.4 Å². The molecule has 0 saturated heterocycles. The molecule has 0 saturated carbocycles. The highest BCUT2D eigenvalue weighted by atomic mass is 35.5. The van der Waals surface area contributed by atoms with Gasteiger partial charge in [-0.1, -0.05) is 11.6 Å². The van der Waals surface area contributed by atoms with Gasteiger partial charge in [-0.3, -0.25) is 28.0 Å². The number of nitrogens with zero attached hydrogens (tertiary/aromatic N) is 14. The van der Waals surface area contributed by atoms with E-state index in [2.05, 4.69) is 49.8 Å². The standard InChI is InChI=1S/C6H7F3N2.C6H9N.C6H8O.C5H6F3N3O.2C5H5F3N2.C5H6O.C4H5ClN2.C4H5FN2/c1-5-2-10-11(3-5)4-6(7,8)9;1-6-3-4-7(2)5-6;1-5-3-4-7-6(5)2;1-10-3(5(6,7)8)9-11(2)4(10)12;1-10-3-4(2-9-10)5(6,7)8;1-10-3-2-4(9-10)5(6,7)8;1-5-2-3-6-4-5;2*1-7-3-4(5)2-6-7/h2-3H,4H2,1H3;3-5H,1-2H3;3-4H,1-2H3;1-2H3;2*2-3H,1H3;2-4H,1H3;2*2-3H,1H3. The normalized spacial score (nSPS) is 10.8. The van der Waals surface area contributed by atoms with Crippen molar-refractivity contribution in [1.29, 1.82) is 0 Å². The molecule has 31 heteroatoms. The maximum absolute atomic E-state index is 12.0. The van der Waals surface area contributed by atoms with Gasteiger partial charge in [0.05, 0.1) is 60.4 Å². The molecule has 426 valence electrons. The zero-order valence-corrected chi connectivity index (χ0v) is 44.1.